The fourth-order valence-corrected chi connectivity index (χ4v) is 3.14. The van der Waals surface area contributed by atoms with E-state index in [0.717, 1.165) is 51.6 Å². The van der Waals surface area contributed by atoms with Crippen molar-refractivity contribution in [3.63, 3.8) is 0 Å². The first-order valence-electron chi connectivity index (χ1n) is 9.34. The Morgan fingerprint density at radius 2 is 1.72 bits per heavy atom. The summed E-state index contributed by atoms with van der Waals surface area (Å²) >= 11 is 0. The maximum absolute atomic E-state index is 5.48. The molecule has 1 aliphatic carbocycles. The molecular weight excluding hydrogens is 433 g/mol. The minimum atomic E-state index is 0. The predicted molar refractivity (Wildman–Crippen MR) is 114 cm³/mol. The van der Waals surface area contributed by atoms with E-state index < -0.39 is 0 Å². The van der Waals surface area contributed by atoms with Gasteiger partial charge in [-0.2, -0.15) is 0 Å². The zero-order valence-electron chi connectivity index (χ0n) is 16.3. The van der Waals surface area contributed by atoms with Crippen LogP contribution in [0, 0.1) is 5.41 Å². The second-order valence-corrected chi connectivity index (χ2v) is 6.53. The molecule has 1 saturated carbocycles. The number of hydrogen-bond acceptors (Lipinski definition) is 4. The zero-order chi connectivity index (χ0) is 17.5. The summed E-state index contributed by atoms with van der Waals surface area (Å²) in [7, 11) is 3.47. The lowest BCUT2D eigenvalue weighted by molar-refractivity contribution is 0.0698. The molecule has 150 valence electrons. The van der Waals surface area contributed by atoms with Gasteiger partial charge in [0, 0.05) is 47.1 Å². The summed E-state index contributed by atoms with van der Waals surface area (Å²) in [4.78, 5) is 4.85. The van der Waals surface area contributed by atoms with Gasteiger partial charge < -0.3 is 24.8 Å². The van der Waals surface area contributed by atoms with Crippen LogP contribution in [0.3, 0.4) is 0 Å². The number of guanidine groups is 1. The van der Waals surface area contributed by atoms with Gasteiger partial charge in [0.2, 0.25) is 0 Å². The summed E-state index contributed by atoms with van der Waals surface area (Å²) in [6.45, 7) is 7.61. The first-order chi connectivity index (χ1) is 11.8. The maximum Gasteiger partial charge on any atom is 0.191 e. The van der Waals surface area contributed by atoms with Crippen molar-refractivity contribution in [2.75, 3.05) is 60.3 Å². The van der Waals surface area contributed by atoms with Gasteiger partial charge in [0.05, 0.1) is 13.2 Å². The smallest absolute Gasteiger partial charge is 0.191 e. The lowest BCUT2D eigenvalue weighted by atomic mass is 9.83. The third-order valence-corrected chi connectivity index (χ3v) is 4.61. The highest BCUT2D eigenvalue weighted by Gasteiger charge is 2.33. The average molecular weight is 471 g/mol. The van der Waals surface area contributed by atoms with Gasteiger partial charge in [-0.05, 0) is 38.0 Å². The first-order valence-corrected chi connectivity index (χ1v) is 9.34. The Labute approximate surface area is 170 Å². The van der Waals surface area contributed by atoms with Gasteiger partial charge in [-0.25, -0.2) is 0 Å². The van der Waals surface area contributed by atoms with E-state index >= 15 is 0 Å². The molecule has 0 aromatic carbocycles. The molecule has 0 atom stereocenters. The number of methoxy groups -OCH3 is 2. The van der Waals surface area contributed by atoms with Crippen LogP contribution in [-0.4, -0.2) is 66.2 Å². The molecule has 6 nitrogen and oxygen atoms in total. The van der Waals surface area contributed by atoms with Gasteiger partial charge in [-0.15, -0.1) is 24.0 Å². The van der Waals surface area contributed by atoms with Crippen LogP contribution < -0.4 is 10.6 Å². The van der Waals surface area contributed by atoms with Gasteiger partial charge in [0.15, 0.2) is 5.96 Å². The molecule has 1 fully saturated rings. The molecular formula is C18H38IN3O3. The maximum atomic E-state index is 5.48. The monoisotopic (exact) mass is 471 g/mol. The summed E-state index contributed by atoms with van der Waals surface area (Å²) in [5, 5.41) is 6.74. The summed E-state index contributed by atoms with van der Waals surface area (Å²) in [6, 6.07) is 0. The Balaban J connectivity index is 0.00000576. The molecule has 2 N–H and O–H groups in total. The van der Waals surface area contributed by atoms with E-state index in [4.69, 9.17) is 19.2 Å². The number of halogens is 1. The Bertz CT molecular complexity index is 338. The fraction of sp³-hybridized carbons (Fsp3) is 0.944. The Kier molecular flexibility index (Phi) is 16.0. The van der Waals surface area contributed by atoms with E-state index in [0.29, 0.717) is 18.6 Å². The number of hydrogen-bond donors (Lipinski definition) is 2. The van der Waals surface area contributed by atoms with Gasteiger partial charge >= 0.3 is 0 Å². The van der Waals surface area contributed by atoms with E-state index in [1.807, 2.05) is 0 Å². The van der Waals surface area contributed by atoms with Crippen molar-refractivity contribution >= 4 is 29.9 Å². The quantitative estimate of drug-likeness (QED) is 0.187. The largest absolute Gasteiger partial charge is 0.385 e. The second kappa shape index (κ2) is 16.1. The van der Waals surface area contributed by atoms with E-state index in [2.05, 4.69) is 17.6 Å². The minimum Gasteiger partial charge on any atom is -0.385 e. The van der Waals surface area contributed by atoms with Crippen LogP contribution >= 0.6 is 24.0 Å². The predicted octanol–water partition coefficient (Wildman–Crippen LogP) is 2.81. The molecule has 0 amide bonds. The number of aliphatic imine (C=N–C) groups is 1. The molecule has 0 aromatic rings. The van der Waals surface area contributed by atoms with Crippen LogP contribution in [0.4, 0.5) is 0 Å². The molecule has 1 rings (SSSR count). The van der Waals surface area contributed by atoms with Crippen LogP contribution in [0.15, 0.2) is 4.99 Å². The van der Waals surface area contributed by atoms with Crippen LogP contribution in [0.25, 0.3) is 0 Å². The van der Waals surface area contributed by atoms with E-state index in [1.165, 1.54) is 25.7 Å². The normalized spacial score (nSPS) is 16.5. The molecule has 0 aromatic heterocycles. The highest BCUT2D eigenvalue weighted by Crippen LogP contribution is 2.41. The summed E-state index contributed by atoms with van der Waals surface area (Å²) < 4.78 is 15.7. The number of nitrogens with one attached hydrogen (secondary N) is 2. The number of rotatable bonds is 13. The second-order valence-electron chi connectivity index (χ2n) is 6.53. The van der Waals surface area contributed by atoms with Crippen molar-refractivity contribution in [3.8, 4) is 0 Å². The topological polar surface area (TPSA) is 64.1 Å². The summed E-state index contributed by atoms with van der Waals surface area (Å²) in [6.07, 6.45) is 7.26. The molecule has 25 heavy (non-hydrogen) atoms. The Morgan fingerprint density at radius 3 is 2.36 bits per heavy atom. The Hall–Kier alpha value is -0.120. The van der Waals surface area contributed by atoms with Gasteiger partial charge in [-0.3, -0.25) is 4.99 Å². The zero-order valence-corrected chi connectivity index (χ0v) is 18.6. The molecule has 0 radical (unpaired) electrons. The lowest BCUT2D eigenvalue weighted by Crippen LogP contribution is -2.39. The van der Waals surface area contributed by atoms with Crippen molar-refractivity contribution in [2.24, 2.45) is 10.4 Å². The summed E-state index contributed by atoms with van der Waals surface area (Å²) in [5.41, 5.74) is 0.335. The summed E-state index contributed by atoms with van der Waals surface area (Å²) in [5.74, 6) is 0.915. The van der Waals surface area contributed by atoms with Crippen molar-refractivity contribution in [1.29, 1.82) is 0 Å². The fourth-order valence-electron chi connectivity index (χ4n) is 3.14. The molecule has 0 saturated heterocycles. The SMILES string of the molecule is CCNC(=NCC1(CCOC)CCCC1)NCCCOCCOC.I. The van der Waals surface area contributed by atoms with Crippen LogP contribution in [-0.2, 0) is 14.2 Å². The molecule has 0 bridgehead atoms. The van der Waals surface area contributed by atoms with E-state index in [1.54, 1.807) is 14.2 Å². The van der Waals surface area contributed by atoms with Gasteiger partial charge in [0.1, 0.15) is 0 Å². The van der Waals surface area contributed by atoms with Crippen molar-refractivity contribution in [3.05, 3.63) is 0 Å². The average Bonchev–Trinajstić information content (AvgIpc) is 3.06. The van der Waals surface area contributed by atoms with Crippen molar-refractivity contribution < 1.29 is 14.2 Å². The molecule has 0 heterocycles. The molecule has 7 heteroatoms. The third kappa shape index (κ3) is 11.2. The molecule has 0 aliphatic heterocycles. The molecule has 0 unspecified atom stereocenters. The number of nitrogens with zero attached hydrogens (tertiary/aromatic N) is 1. The van der Waals surface area contributed by atoms with Crippen molar-refractivity contribution in [2.45, 2.75) is 45.4 Å². The molecule has 0 spiro atoms. The molecule has 1 aliphatic rings. The first kappa shape index (κ1) is 24.9. The van der Waals surface area contributed by atoms with Crippen molar-refractivity contribution in [1.82, 2.24) is 10.6 Å². The number of ether oxygens (including phenoxy) is 3. The highest BCUT2D eigenvalue weighted by molar-refractivity contribution is 14.0. The van der Waals surface area contributed by atoms with Crippen LogP contribution in [0.2, 0.25) is 0 Å². The minimum absolute atomic E-state index is 0. The lowest BCUT2D eigenvalue weighted by Gasteiger charge is -2.27. The van der Waals surface area contributed by atoms with E-state index in [9.17, 15) is 0 Å². The van der Waals surface area contributed by atoms with Gasteiger partial charge in [0.25, 0.3) is 0 Å². The van der Waals surface area contributed by atoms with Crippen LogP contribution in [0.1, 0.15) is 45.4 Å². The van der Waals surface area contributed by atoms with E-state index in [-0.39, 0.29) is 24.0 Å². The highest BCUT2D eigenvalue weighted by atomic mass is 127. The standard InChI is InChI=1S/C18H37N3O3.HI/c1-4-19-17(20-11-7-12-24-15-14-23-3)21-16-18(10-13-22-2)8-5-6-9-18;/h4-16H2,1-3H3,(H2,19,20,21);1H. The van der Waals surface area contributed by atoms with Gasteiger partial charge in [-0.1, -0.05) is 12.8 Å². The van der Waals surface area contributed by atoms with Crippen LogP contribution in [0.5, 0.6) is 0 Å². The third-order valence-electron chi connectivity index (χ3n) is 4.61. The Morgan fingerprint density at radius 1 is 1.00 bits per heavy atom.